The molecule has 4 heterocycles. The van der Waals surface area contributed by atoms with Crippen LogP contribution in [0.4, 0.5) is 13.2 Å². The average Bonchev–Trinajstić information content (AvgIpc) is 3.27. The standard InChI is InChI=1S/C21H16F3N5OS/c1-10-4-5-13(11(2)6-10)30-8-15-27-19-18-17(25-9-29(19)28-15)16-12(3)7-14(21(22,23)24)26-20(16)31-18/h4-7,9H,8H2,1-3H3. The maximum absolute atomic E-state index is 13.2. The van der Waals surface area contributed by atoms with Gasteiger partial charge < -0.3 is 4.74 Å². The minimum atomic E-state index is -4.51. The highest BCUT2D eigenvalue weighted by Crippen LogP contribution is 2.38. The van der Waals surface area contributed by atoms with Gasteiger partial charge in [0.2, 0.25) is 0 Å². The van der Waals surface area contributed by atoms with Gasteiger partial charge >= 0.3 is 6.18 Å². The van der Waals surface area contributed by atoms with E-state index in [2.05, 4.69) is 20.1 Å². The number of aryl methyl sites for hydroxylation is 3. The van der Waals surface area contributed by atoms with Crippen LogP contribution in [0.5, 0.6) is 5.75 Å². The van der Waals surface area contributed by atoms with Crippen molar-refractivity contribution in [3.63, 3.8) is 0 Å². The SMILES string of the molecule is Cc1ccc(OCc2nc3c4sc5nc(C(F)(F)F)cc(C)c5c4ncn3n2)c(C)c1. The first-order valence-corrected chi connectivity index (χ1v) is 10.2. The topological polar surface area (TPSA) is 65.2 Å². The summed E-state index contributed by atoms with van der Waals surface area (Å²) in [7, 11) is 0. The van der Waals surface area contributed by atoms with E-state index in [0.29, 0.717) is 32.6 Å². The number of aromatic nitrogens is 5. The van der Waals surface area contributed by atoms with Gasteiger partial charge in [0.05, 0.1) is 5.52 Å². The highest BCUT2D eigenvalue weighted by atomic mass is 32.1. The van der Waals surface area contributed by atoms with Crippen molar-refractivity contribution < 1.29 is 17.9 Å². The van der Waals surface area contributed by atoms with Crippen molar-refractivity contribution in [2.45, 2.75) is 33.6 Å². The van der Waals surface area contributed by atoms with E-state index < -0.39 is 11.9 Å². The van der Waals surface area contributed by atoms with Crippen LogP contribution in [-0.2, 0) is 12.8 Å². The largest absolute Gasteiger partial charge is 0.485 e. The molecule has 0 spiro atoms. The molecule has 5 aromatic rings. The van der Waals surface area contributed by atoms with Crippen LogP contribution in [0.1, 0.15) is 28.2 Å². The summed E-state index contributed by atoms with van der Waals surface area (Å²) >= 11 is 1.13. The average molecular weight is 443 g/mol. The molecule has 158 valence electrons. The second kappa shape index (κ2) is 6.88. The summed E-state index contributed by atoms with van der Waals surface area (Å²) in [5, 5.41) is 5.00. The van der Waals surface area contributed by atoms with Gasteiger partial charge in [-0.25, -0.2) is 19.5 Å². The molecule has 1 aromatic carbocycles. The Hall–Kier alpha value is -3.27. The first-order chi connectivity index (χ1) is 14.7. The Morgan fingerprint density at radius 1 is 1.06 bits per heavy atom. The van der Waals surface area contributed by atoms with Gasteiger partial charge in [0.15, 0.2) is 11.5 Å². The number of rotatable bonds is 3. The Bertz CT molecular complexity index is 1470. The Labute approximate surface area is 178 Å². The normalized spacial score (nSPS) is 12.3. The molecular formula is C21H16F3N5OS. The van der Waals surface area contributed by atoms with Crippen molar-refractivity contribution in [1.82, 2.24) is 24.6 Å². The lowest BCUT2D eigenvalue weighted by molar-refractivity contribution is -0.141. The number of fused-ring (bicyclic) bond motifs is 5. The number of thiophene rings is 1. The fourth-order valence-electron chi connectivity index (χ4n) is 3.56. The fraction of sp³-hybridized carbons (Fsp3) is 0.238. The quantitative estimate of drug-likeness (QED) is 0.373. The van der Waals surface area contributed by atoms with E-state index in [1.165, 1.54) is 10.8 Å². The molecule has 0 aliphatic carbocycles. The minimum Gasteiger partial charge on any atom is -0.485 e. The number of ether oxygens (including phenoxy) is 1. The molecule has 0 radical (unpaired) electrons. The van der Waals surface area contributed by atoms with Crippen molar-refractivity contribution in [3.8, 4) is 5.75 Å². The summed E-state index contributed by atoms with van der Waals surface area (Å²) in [4.78, 5) is 13.1. The Kier molecular flexibility index (Phi) is 4.37. The monoisotopic (exact) mass is 443 g/mol. The molecule has 0 unspecified atom stereocenters. The van der Waals surface area contributed by atoms with Crippen LogP contribution >= 0.6 is 11.3 Å². The molecule has 0 aliphatic rings. The molecule has 4 aromatic heterocycles. The van der Waals surface area contributed by atoms with Crippen molar-refractivity contribution in [2.75, 3.05) is 0 Å². The van der Waals surface area contributed by atoms with Crippen LogP contribution in [-0.4, -0.2) is 24.6 Å². The molecule has 5 rings (SSSR count). The van der Waals surface area contributed by atoms with Crippen LogP contribution in [0.2, 0.25) is 0 Å². The Balaban J connectivity index is 1.57. The summed E-state index contributed by atoms with van der Waals surface area (Å²) in [5.41, 5.74) is 2.80. The fourth-order valence-corrected chi connectivity index (χ4v) is 4.74. The van der Waals surface area contributed by atoms with E-state index >= 15 is 0 Å². The maximum Gasteiger partial charge on any atom is 0.433 e. The zero-order chi connectivity index (χ0) is 21.9. The van der Waals surface area contributed by atoms with E-state index in [1.807, 2.05) is 32.0 Å². The van der Waals surface area contributed by atoms with E-state index in [-0.39, 0.29) is 11.4 Å². The smallest absolute Gasteiger partial charge is 0.433 e. The first-order valence-electron chi connectivity index (χ1n) is 9.42. The molecule has 0 N–H and O–H groups in total. The van der Waals surface area contributed by atoms with E-state index in [0.717, 1.165) is 34.3 Å². The number of hydrogen-bond acceptors (Lipinski definition) is 6. The minimum absolute atomic E-state index is 0.160. The molecule has 6 nitrogen and oxygen atoms in total. The van der Waals surface area contributed by atoms with Crippen LogP contribution in [0.25, 0.3) is 26.1 Å². The van der Waals surface area contributed by atoms with Crippen LogP contribution in [0, 0.1) is 20.8 Å². The zero-order valence-corrected chi connectivity index (χ0v) is 17.6. The molecule has 0 atom stereocenters. The van der Waals surface area contributed by atoms with Gasteiger partial charge in [-0.2, -0.15) is 13.2 Å². The number of pyridine rings is 1. The summed E-state index contributed by atoms with van der Waals surface area (Å²) in [6.45, 7) is 5.77. The summed E-state index contributed by atoms with van der Waals surface area (Å²) in [6.07, 6.45) is -3.00. The Morgan fingerprint density at radius 3 is 2.61 bits per heavy atom. The van der Waals surface area contributed by atoms with Crippen LogP contribution in [0.15, 0.2) is 30.6 Å². The predicted octanol–water partition coefficient (Wildman–Crippen LogP) is 5.41. The maximum atomic E-state index is 13.2. The Morgan fingerprint density at radius 2 is 1.87 bits per heavy atom. The van der Waals surface area contributed by atoms with Crippen molar-refractivity contribution in [1.29, 1.82) is 0 Å². The zero-order valence-electron chi connectivity index (χ0n) is 16.8. The lowest BCUT2D eigenvalue weighted by Gasteiger charge is -2.07. The van der Waals surface area contributed by atoms with Gasteiger partial charge in [-0.1, -0.05) is 17.7 Å². The lowest BCUT2D eigenvalue weighted by atomic mass is 10.1. The first kappa shape index (κ1) is 19.7. The van der Waals surface area contributed by atoms with Crippen LogP contribution in [0.3, 0.4) is 0 Å². The summed E-state index contributed by atoms with van der Waals surface area (Å²) < 4.78 is 47.5. The second-order valence-electron chi connectivity index (χ2n) is 7.38. The number of alkyl halides is 3. The second-order valence-corrected chi connectivity index (χ2v) is 8.38. The molecular weight excluding hydrogens is 427 g/mol. The number of nitrogens with zero attached hydrogens (tertiary/aromatic N) is 5. The molecule has 0 bridgehead atoms. The third kappa shape index (κ3) is 3.36. The third-order valence-electron chi connectivity index (χ3n) is 4.99. The highest BCUT2D eigenvalue weighted by molar-refractivity contribution is 7.26. The molecule has 0 aliphatic heterocycles. The molecule has 0 saturated heterocycles. The molecule has 31 heavy (non-hydrogen) atoms. The molecule has 0 fully saturated rings. The predicted molar refractivity (Wildman–Crippen MR) is 111 cm³/mol. The van der Waals surface area contributed by atoms with Crippen molar-refractivity contribution >= 4 is 37.4 Å². The molecule has 10 heteroatoms. The van der Waals surface area contributed by atoms with Gasteiger partial charge in [0.1, 0.15) is 33.9 Å². The number of hydrogen-bond donors (Lipinski definition) is 0. The summed E-state index contributed by atoms with van der Waals surface area (Å²) in [5.74, 6) is 1.20. The van der Waals surface area contributed by atoms with Gasteiger partial charge in [-0.05, 0) is 44.0 Å². The van der Waals surface area contributed by atoms with Crippen molar-refractivity contribution in [2.24, 2.45) is 0 Å². The van der Waals surface area contributed by atoms with Gasteiger partial charge in [-0.15, -0.1) is 16.4 Å². The van der Waals surface area contributed by atoms with Gasteiger partial charge in [0, 0.05) is 5.39 Å². The van der Waals surface area contributed by atoms with E-state index in [1.54, 1.807) is 6.92 Å². The molecule has 0 saturated carbocycles. The van der Waals surface area contributed by atoms with E-state index in [9.17, 15) is 13.2 Å². The highest BCUT2D eigenvalue weighted by Gasteiger charge is 2.33. The van der Waals surface area contributed by atoms with Crippen molar-refractivity contribution in [3.05, 3.63) is 58.8 Å². The van der Waals surface area contributed by atoms with Gasteiger partial charge in [-0.3, -0.25) is 0 Å². The van der Waals surface area contributed by atoms with E-state index in [4.69, 9.17) is 4.74 Å². The summed E-state index contributed by atoms with van der Waals surface area (Å²) in [6, 6.07) is 6.95. The van der Waals surface area contributed by atoms with Gasteiger partial charge in [0.25, 0.3) is 0 Å². The number of benzene rings is 1. The number of halogens is 3. The van der Waals surface area contributed by atoms with Crippen LogP contribution < -0.4 is 4.74 Å². The third-order valence-corrected chi connectivity index (χ3v) is 6.05. The molecule has 0 amide bonds. The lowest BCUT2D eigenvalue weighted by Crippen LogP contribution is -2.07.